The van der Waals surface area contributed by atoms with Crippen molar-refractivity contribution in [2.75, 3.05) is 19.8 Å². The van der Waals surface area contributed by atoms with Gasteiger partial charge in [0, 0.05) is 31.4 Å². The molecule has 180 valence electrons. The zero-order chi connectivity index (χ0) is 24.1. The van der Waals surface area contributed by atoms with Crippen LogP contribution in [0.15, 0.2) is 48.5 Å². The van der Waals surface area contributed by atoms with E-state index in [1.165, 1.54) is 0 Å². The highest BCUT2D eigenvalue weighted by molar-refractivity contribution is 5.85. The van der Waals surface area contributed by atoms with E-state index in [1.807, 2.05) is 24.3 Å². The molecule has 3 atom stereocenters. The van der Waals surface area contributed by atoms with E-state index in [-0.39, 0.29) is 49.8 Å². The van der Waals surface area contributed by atoms with Crippen molar-refractivity contribution >= 4 is 18.0 Å². The van der Waals surface area contributed by atoms with Crippen molar-refractivity contribution < 1.29 is 29.3 Å². The molecule has 2 aliphatic rings. The molecule has 8 heteroatoms. The number of carbonyl (C=O) groups is 3. The van der Waals surface area contributed by atoms with E-state index in [0.29, 0.717) is 6.42 Å². The fourth-order valence-electron chi connectivity index (χ4n) is 5.16. The first-order valence-electron chi connectivity index (χ1n) is 11.7. The molecule has 0 unspecified atom stereocenters. The summed E-state index contributed by atoms with van der Waals surface area (Å²) < 4.78 is 5.57. The molecule has 0 aliphatic heterocycles. The van der Waals surface area contributed by atoms with Crippen LogP contribution >= 0.6 is 0 Å². The molecule has 2 aromatic rings. The highest BCUT2D eigenvalue weighted by Gasteiger charge is 2.35. The Morgan fingerprint density at radius 1 is 1.00 bits per heavy atom. The summed E-state index contributed by atoms with van der Waals surface area (Å²) in [6.07, 6.45) is 1.65. The van der Waals surface area contributed by atoms with Crippen molar-refractivity contribution in [3.05, 3.63) is 59.7 Å². The van der Waals surface area contributed by atoms with Crippen molar-refractivity contribution in [3.8, 4) is 11.1 Å². The van der Waals surface area contributed by atoms with Crippen LogP contribution in [0.3, 0.4) is 0 Å². The number of carboxylic acid groups (broad SMARTS) is 1. The monoisotopic (exact) mass is 466 g/mol. The largest absolute Gasteiger partial charge is 0.480 e. The number of rotatable bonds is 9. The second-order valence-corrected chi connectivity index (χ2v) is 8.92. The molecule has 1 fully saturated rings. The molecule has 0 heterocycles. The quantitative estimate of drug-likeness (QED) is 0.450. The van der Waals surface area contributed by atoms with Crippen LogP contribution in [0.1, 0.15) is 42.7 Å². The zero-order valence-corrected chi connectivity index (χ0v) is 18.9. The Hall–Kier alpha value is -3.39. The van der Waals surface area contributed by atoms with Gasteiger partial charge in [-0.1, -0.05) is 55.0 Å². The van der Waals surface area contributed by atoms with Gasteiger partial charge in [0.05, 0.1) is 0 Å². The number of amides is 2. The lowest BCUT2D eigenvalue weighted by Crippen LogP contribution is -2.46. The Morgan fingerprint density at radius 2 is 1.65 bits per heavy atom. The second kappa shape index (κ2) is 10.7. The van der Waals surface area contributed by atoms with Crippen molar-refractivity contribution in [1.82, 2.24) is 10.6 Å². The minimum atomic E-state index is -1.17. The number of carboxylic acids is 1. The smallest absolute Gasteiger partial charge is 0.407 e. The molecule has 34 heavy (non-hydrogen) atoms. The number of aliphatic hydroxyl groups excluding tert-OH is 1. The summed E-state index contributed by atoms with van der Waals surface area (Å²) in [5, 5.41) is 23.5. The fraction of sp³-hybridized carbons (Fsp3) is 0.423. The van der Waals surface area contributed by atoms with Crippen LogP contribution in [-0.2, 0) is 14.3 Å². The molecule has 2 aliphatic carbocycles. The van der Waals surface area contributed by atoms with Gasteiger partial charge in [-0.3, -0.25) is 4.79 Å². The van der Waals surface area contributed by atoms with Gasteiger partial charge in [0.2, 0.25) is 5.91 Å². The zero-order valence-electron chi connectivity index (χ0n) is 18.9. The SMILES string of the molecule is O=C(NC[C@H]1CCC[C@H]1C(=O)N[C@H](CCO)C(=O)O)OCC1c2ccccc2-c2ccccc21. The molecular formula is C26H30N2O6. The van der Waals surface area contributed by atoms with E-state index < -0.39 is 18.1 Å². The predicted octanol–water partition coefficient (Wildman–Crippen LogP) is 2.89. The average molecular weight is 467 g/mol. The maximum absolute atomic E-state index is 12.6. The molecule has 4 rings (SSSR count). The fourth-order valence-corrected chi connectivity index (χ4v) is 5.16. The third-order valence-corrected chi connectivity index (χ3v) is 6.88. The van der Waals surface area contributed by atoms with Crippen molar-refractivity contribution in [2.24, 2.45) is 11.8 Å². The molecule has 0 saturated heterocycles. The Labute approximate surface area is 198 Å². The lowest BCUT2D eigenvalue weighted by atomic mass is 9.94. The van der Waals surface area contributed by atoms with E-state index in [0.717, 1.165) is 35.1 Å². The predicted molar refractivity (Wildman–Crippen MR) is 125 cm³/mol. The number of fused-ring (bicyclic) bond motifs is 3. The molecule has 0 aromatic heterocycles. The number of hydrogen-bond donors (Lipinski definition) is 4. The molecule has 0 bridgehead atoms. The van der Waals surface area contributed by atoms with Crippen LogP contribution < -0.4 is 10.6 Å². The molecule has 2 aromatic carbocycles. The molecule has 8 nitrogen and oxygen atoms in total. The van der Waals surface area contributed by atoms with E-state index in [9.17, 15) is 19.5 Å². The van der Waals surface area contributed by atoms with E-state index in [2.05, 4.69) is 34.9 Å². The van der Waals surface area contributed by atoms with Gasteiger partial charge in [-0.15, -0.1) is 0 Å². The van der Waals surface area contributed by atoms with Gasteiger partial charge in [0.25, 0.3) is 0 Å². The summed E-state index contributed by atoms with van der Waals surface area (Å²) >= 11 is 0. The van der Waals surface area contributed by atoms with Gasteiger partial charge >= 0.3 is 12.1 Å². The van der Waals surface area contributed by atoms with Crippen LogP contribution in [0.25, 0.3) is 11.1 Å². The maximum atomic E-state index is 12.6. The van der Waals surface area contributed by atoms with Crippen LogP contribution in [-0.4, -0.2) is 54.0 Å². The summed E-state index contributed by atoms with van der Waals surface area (Å²) in [7, 11) is 0. The first kappa shape index (κ1) is 23.8. The van der Waals surface area contributed by atoms with Gasteiger partial charge in [0.15, 0.2) is 0 Å². The first-order valence-corrected chi connectivity index (χ1v) is 11.7. The summed E-state index contributed by atoms with van der Waals surface area (Å²) in [6.45, 7) is 0.178. The van der Waals surface area contributed by atoms with Gasteiger partial charge in [-0.05, 0) is 41.0 Å². The third-order valence-electron chi connectivity index (χ3n) is 6.88. The number of aliphatic carboxylic acids is 1. The number of hydrogen-bond acceptors (Lipinski definition) is 5. The van der Waals surface area contributed by atoms with E-state index in [4.69, 9.17) is 9.84 Å². The van der Waals surface area contributed by atoms with Crippen LogP contribution in [0.4, 0.5) is 4.79 Å². The number of aliphatic hydroxyl groups is 1. The summed E-state index contributed by atoms with van der Waals surface area (Å²) in [6, 6.07) is 15.1. The normalized spacial score (nSPS) is 19.7. The van der Waals surface area contributed by atoms with Crippen LogP contribution in [0, 0.1) is 11.8 Å². The standard InChI is InChI=1S/C26H30N2O6/c29-13-12-23(25(31)32)28-24(30)17-11-5-6-16(17)14-27-26(33)34-15-22-20-9-3-1-7-18(20)19-8-2-4-10-21(19)22/h1-4,7-10,16-17,22-23,29H,5-6,11-15H2,(H,27,33)(H,28,30)(H,31,32)/t16-,17-,23-/m1/s1. The molecule has 4 N–H and O–H groups in total. The number of alkyl carbamates (subject to hydrolysis) is 1. The van der Waals surface area contributed by atoms with Gasteiger partial charge < -0.3 is 25.6 Å². The van der Waals surface area contributed by atoms with E-state index >= 15 is 0 Å². The minimum absolute atomic E-state index is 0.0253. The highest BCUT2D eigenvalue weighted by atomic mass is 16.5. The van der Waals surface area contributed by atoms with Gasteiger partial charge in [-0.2, -0.15) is 0 Å². The number of carbonyl (C=O) groups excluding carboxylic acids is 2. The van der Waals surface area contributed by atoms with Crippen molar-refractivity contribution in [3.63, 3.8) is 0 Å². The Morgan fingerprint density at radius 3 is 2.26 bits per heavy atom. The van der Waals surface area contributed by atoms with Gasteiger partial charge in [0.1, 0.15) is 12.6 Å². The number of nitrogens with one attached hydrogen (secondary N) is 2. The summed E-state index contributed by atoms with van der Waals surface area (Å²) in [4.78, 5) is 36.4. The topological polar surface area (TPSA) is 125 Å². The highest BCUT2D eigenvalue weighted by Crippen LogP contribution is 2.44. The van der Waals surface area contributed by atoms with Crippen LogP contribution in [0.5, 0.6) is 0 Å². The van der Waals surface area contributed by atoms with Crippen molar-refractivity contribution in [2.45, 2.75) is 37.6 Å². The van der Waals surface area contributed by atoms with E-state index in [1.54, 1.807) is 0 Å². The van der Waals surface area contributed by atoms with Crippen molar-refractivity contribution in [1.29, 1.82) is 0 Å². The molecule has 2 amide bonds. The molecule has 1 saturated carbocycles. The Bertz CT molecular complexity index is 1010. The lowest BCUT2D eigenvalue weighted by molar-refractivity contribution is -0.143. The molecular weight excluding hydrogens is 436 g/mol. The Kier molecular flexibility index (Phi) is 7.47. The molecule has 0 spiro atoms. The summed E-state index contributed by atoms with van der Waals surface area (Å²) in [5.74, 6) is -2.02. The lowest BCUT2D eigenvalue weighted by Gasteiger charge is -2.22. The van der Waals surface area contributed by atoms with Gasteiger partial charge in [-0.25, -0.2) is 9.59 Å². The maximum Gasteiger partial charge on any atom is 0.407 e. The first-order chi connectivity index (χ1) is 16.5. The number of ether oxygens (including phenoxy) is 1. The second-order valence-electron chi connectivity index (χ2n) is 8.92. The minimum Gasteiger partial charge on any atom is -0.480 e. The Balaban J connectivity index is 1.30. The number of benzene rings is 2. The summed E-state index contributed by atoms with van der Waals surface area (Å²) in [5.41, 5.74) is 4.60. The third kappa shape index (κ3) is 5.07. The average Bonchev–Trinajstić information content (AvgIpc) is 3.44. The molecule has 0 radical (unpaired) electrons. The van der Waals surface area contributed by atoms with Crippen LogP contribution in [0.2, 0.25) is 0 Å².